The summed E-state index contributed by atoms with van der Waals surface area (Å²) in [6.07, 6.45) is 0. The van der Waals surface area contributed by atoms with E-state index in [0.717, 1.165) is 7.11 Å². The third kappa shape index (κ3) is 15.8. The molecule has 0 amide bonds. The van der Waals surface area contributed by atoms with Crippen molar-refractivity contribution >= 4 is 10.4 Å². The van der Waals surface area contributed by atoms with Crippen LogP contribution in [0.4, 0.5) is 0 Å². The number of hydrogen-bond donors (Lipinski definition) is 0. The van der Waals surface area contributed by atoms with Crippen LogP contribution in [0.3, 0.4) is 0 Å². The van der Waals surface area contributed by atoms with Gasteiger partial charge in [-0.2, -0.15) is 0 Å². The Balaban J connectivity index is -0.000000125. The predicted octanol–water partition coefficient (Wildman–Crippen LogP) is -4.73. The number of rotatable bonds is 1. The summed E-state index contributed by atoms with van der Waals surface area (Å²) in [5.74, 6) is 0. The molecule has 8 heavy (non-hydrogen) atoms. The van der Waals surface area contributed by atoms with Gasteiger partial charge >= 0.3 is 29.6 Å². The topological polar surface area (TPSA) is 97.9 Å². The first kappa shape index (κ1) is 15.9. The largest absolute Gasteiger partial charge is 1.00 e. The van der Waals surface area contributed by atoms with Crippen LogP contribution in [0.1, 0.15) is 0 Å². The zero-order valence-corrected chi connectivity index (χ0v) is 7.36. The molecule has 2 N–H and O–H groups in total. The Bertz CT molecular complexity index is 114. The maximum Gasteiger partial charge on any atom is 1.00 e. The van der Waals surface area contributed by atoms with Crippen LogP contribution >= 0.6 is 0 Å². The molecule has 46 valence electrons. The van der Waals surface area contributed by atoms with Gasteiger partial charge in [-0.15, -0.1) is 0 Å². The fraction of sp³-hybridized carbons (Fsp3) is 1.00. The molecule has 0 radical (unpaired) electrons. The third-order valence-electron chi connectivity index (χ3n) is 0.204. The van der Waals surface area contributed by atoms with Crippen molar-refractivity contribution in [3.8, 4) is 0 Å². The minimum Gasteiger partial charge on any atom is -0.726 e. The fourth-order valence-corrected chi connectivity index (χ4v) is 0. The second-order valence-electron chi connectivity index (χ2n) is 0.575. The van der Waals surface area contributed by atoms with E-state index in [-0.39, 0.29) is 35.0 Å². The van der Waals surface area contributed by atoms with E-state index in [0.29, 0.717) is 0 Å². The molecule has 0 spiro atoms. The van der Waals surface area contributed by atoms with Crippen molar-refractivity contribution < 1.29 is 52.2 Å². The summed E-state index contributed by atoms with van der Waals surface area (Å²) in [5, 5.41) is 0. The van der Waals surface area contributed by atoms with E-state index < -0.39 is 10.4 Å². The van der Waals surface area contributed by atoms with Crippen LogP contribution in [0.2, 0.25) is 0 Å². The van der Waals surface area contributed by atoms with Crippen LogP contribution in [0.25, 0.3) is 0 Å². The molecule has 0 aromatic rings. The first-order chi connectivity index (χ1) is 2.56. The van der Waals surface area contributed by atoms with E-state index >= 15 is 0 Å². The van der Waals surface area contributed by atoms with Crippen molar-refractivity contribution in [3.63, 3.8) is 0 Å². The Labute approximate surface area is 69.6 Å². The molecule has 0 heterocycles. The minimum atomic E-state index is -4.41. The summed E-state index contributed by atoms with van der Waals surface area (Å²) in [4.78, 5) is 0. The molecule has 0 aromatic carbocycles. The van der Waals surface area contributed by atoms with Gasteiger partial charge in [0.05, 0.1) is 7.11 Å². The van der Waals surface area contributed by atoms with Gasteiger partial charge in [0.2, 0.25) is 10.4 Å². The first-order valence-electron chi connectivity index (χ1n) is 1.07. The molecule has 0 fully saturated rings. The van der Waals surface area contributed by atoms with Gasteiger partial charge in [0, 0.05) is 0 Å². The van der Waals surface area contributed by atoms with E-state index in [9.17, 15) is 13.0 Å². The van der Waals surface area contributed by atoms with E-state index in [2.05, 4.69) is 4.18 Å². The Hall–Kier alpha value is 0.830. The first-order valence-corrected chi connectivity index (χ1v) is 2.41. The van der Waals surface area contributed by atoms with Crippen molar-refractivity contribution in [1.29, 1.82) is 0 Å². The van der Waals surface area contributed by atoms with E-state index in [1.807, 2.05) is 0 Å². The third-order valence-corrected chi connectivity index (χ3v) is 0.612. The van der Waals surface area contributed by atoms with Gasteiger partial charge in [-0.25, -0.2) is 8.42 Å². The maximum atomic E-state index is 9.22. The smallest absolute Gasteiger partial charge is 0.726 e. The average molecular weight is 152 g/mol. The Morgan fingerprint density at radius 1 is 1.50 bits per heavy atom. The Morgan fingerprint density at radius 3 is 1.62 bits per heavy atom. The SMILES string of the molecule is COS(=O)(=O)[O-].O.[Na+]. The van der Waals surface area contributed by atoms with Gasteiger partial charge in [-0.1, -0.05) is 0 Å². The van der Waals surface area contributed by atoms with Crippen LogP contribution in [0.15, 0.2) is 0 Å². The van der Waals surface area contributed by atoms with E-state index in [4.69, 9.17) is 0 Å². The Morgan fingerprint density at radius 2 is 1.62 bits per heavy atom. The van der Waals surface area contributed by atoms with E-state index in [1.165, 1.54) is 0 Å². The fourth-order valence-electron chi connectivity index (χ4n) is 0. The molecule has 0 bridgehead atoms. The molecule has 0 aliphatic rings. The van der Waals surface area contributed by atoms with Crippen LogP contribution in [-0.2, 0) is 14.6 Å². The molecule has 5 nitrogen and oxygen atoms in total. The average Bonchev–Trinajstić information content (AvgIpc) is 1.35. The molecular formula is CH5NaO5S. The summed E-state index contributed by atoms with van der Waals surface area (Å²) in [6.45, 7) is 0. The van der Waals surface area contributed by atoms with Gasteiger partial charge in [0.25, 0.3) is 0 Å². The van der Waals surface area contributed by atoms with Crippen molar-refractivity contribution in [1.82, 2.24) is 0 Å². The van der Waals surface area contributed by atoms with Crippen molar-refractivity contribution in [2.45, 2.75) is 0 Å². The molecule has 0 unspecified atom stereocenters. The van der Waals surface area contributed by atoms with Crippen molar-refractivity contribution in [3.05, 3.63) is 0 Å². The van der Waals surface area contributed by atoms with Crippen LogP contribution in [-0.4, -0.2) is 25.6 Å². The summed E-state index contributed by atoms with van der Waals surface area (Å²) >= 11 is 0. The van der Waals surface area contributed by atoms with Crippen LogP contribution < -0.4 is 29.6 Å². The second-order valence-corrected chi connectivity index (χ2v) is 1.72. The molecule has 0 saturated carbocycles. The van der Waals surface area contributed by atoms with Gasteiger partial charge in [0.15, 0.2) is 0 Å². The van der Waals surface area contributed by atoms with Crippen LogP contribution in [0.5, 0.6) is 0 Å². The molecule has 0 aliphatic heterocycles. The van der Waals surface area contributed by atoms with E-state index in [1.54, 1.807) is 0 Å². The quantitative estimate of drug-likeness (QED) is 0.214. The summed E-state index contributed by atoms with van der Waals surface area (Å²) in [7, 11) is -3.60. The molecule has 0 rings (SSSR count). The molecule has 7 heteroatoms. The van der Waals surface area contributed by atoms with Gasteiger partial charge < -0.3 is 10.0 Å². The van der Waals surface area contributed by atoms with Crippen molar-refractivity contribution in [2.24, 2.45) is 0 Å². The zero-order chi connectivity index (χ0) is 5.21. The maximum absolute atomic E-state index is 9.22. The Kier molecular flexibility index (Phi) is 11.9. The molecule has 0 saturated heterocycles. The van der Waals surface area contributed by atoms with Gasteiger partial charge in [-0.3, -0.25) is 4.18 Å². The standard InChI is InChI=1S/CH4O4S.Na.H2O/c1-5-6(2,3)4;;/h1H3,(H,2,3,4);;1H2/q;+1;/p-1. The van der Waals surface area contributed by atoms with Gasteiger partial charge in [0.1, 0.15) is 0 Å². The summed E-state index contributed by atoms with van der Waals surface area (Å²) < 4.78 is 31.0. The summed E-state index contributed by atoms with van der Waals surface area (Å²) in [5.41, 5.74) is 0. The minimum absolute atomic E-state index is 0. The molecule has 0 aliphatic carbocycles. The van der Waals surface area contributed by atoms with Crippen molar-refractivity contribution in [2.75, 3.05) is 7.11 Å². The zero-order valence-electron chi connectivity index (χ0n) is 4.54. The van der Waals surface area contributed by atoms with Gasteiger partial charge in [-0.05, 0) is 0 Å². The number of hydrogen-bond acceptors (Lipinski definition) is 4. The molecular weight excluding hydrogens is 147 g/mol. The normalized spacial score (nSPS) is 8.75. The second kappa shape index (κ2) is 5.96. The summed E-state index contributed by atoms with van der Waals surface area (Å²) in [6, 6.07) is 0. The molecule has 0 atom stereocenters. The molecule has 0 aromatic heterocycles. The van der Waals surface area contributed by atoms with Crippen LogP contribution in [0, 0.1) is 0 Å². The predicted molar refractivity (Wildman–Crippen MR) is 20.3 cm³/mol. The monoisotopic (exact) mass is 152 g/mol.